The molecule has 2 aromatic carbocycles. The van der Waals surface area contributed by atoms with Gasteiger partial charge in [-0.1, -0.05) is 35.5 Å². The first kappa shape index (κ1) is 20.9. The molecular formula is C24H25N7O2. The third kappa shape index (κ3) is 4.34. The lowest BCUT2D eigenvalue weighted by atomic mass is 10.1. The lowest BCUT2D eigenvalue weighted by Crippen LogP contribution is -2.27. The minimum Gasteiger partial charge on any atom is -0.355 e. The molecule has 0 unspecified atom stereocenters. The van der Waals surface area contributed by atoms with Crippen molar-refractivity contribution in [2.75, 3.05) is 37.0 Å². The molecule has 1 aliphatic heterocycles. The number of hydrogen-bond acceptors (Lipinski definition) is 8. The summed E-state index contributed by atoms with van der Waals surface area (Å²) in [5, 5.41) is 7.85. The number of carbonyl (C=O) groups excluding carboxylic acids is 1. The number of benzene rings is 2. The summed E-state index contributed by atoms with van der Waals surface area (Å²) in [7, 11) is 3.79. The number of anilines is 2. The van der Waals surface area contributed by atoms with Gasteiger partial charge in [-0.25, -0.2) is 0 Å². The maximum absolute atomic E-state index is 12.9. The summed E-state index contributed by atoms with van der Waals surface area (Å²) in [6.45, 7) is 2.08. The van der Waals surface area contributed by atoms with Crippen LogP contribution in [0.5, 0.6) is 0 Å². The highest BCUT2D eigenvalue weighted by Gasteiger charge is 2.19. The number of fused-ring (bicyclic) bond motifs is 1. The van der Waals surface area contributed by atoms with Gasteiger partial charge >= 0.3 is 0 Å². The molecule has 1 amide bonds. The largest absolute Gasteiger partial charge is 0.355 e. The molecule has 9 nitrogen and oxygen atoms in total. The third-order valence-electron chi connectivity index (χ3n) is 5.63. The second-order valence-corrected chi connectivity index (χ2v) is 8.23. The molecule has 1 fully saturated rings. The molecule has 168 valence electrons. The Morgan fingerprint density at radius 3 is 2.61 bits per heavy atom. The van der Waals surface area contributed by atoms with Crippen molar-refractivity contribution >= 4 is 28.7 Å². The lowest BCUT2D eigenvalue weighted by Gasteiger charge is -2.19. The van der Waals surface area contributed by atoms with Gasteiger partial charge in [0.1, 0.15) is 5.52 Å². The number of hydrogen-bond donors (Lipinski definition) is 1. The predicted molar refractivity (Wildman–Crippen MR) is 126 cm³/mol. The van der Waals surface area contributed by atoms with Crippen molar-refractivity contribution in [3.63, 3.8) is 0 Å². The van der Waals surface area contributed by atoms with Gasteiger partial charge in [0.15, 0.2) is 11.6 Å². The fraction of sp³-hybridized carbons (Fsp3) is 0.292. The fourth-order valence-corrected chi connectivity index (χ4v) is 3.87. The molecule has 9 heteroatoms. The van der Waals surface area contributed by atoms with Crippen molar-refractivity contribution < 1.29 is 9.32 Å². The van der Waals surface area contributed by atoms with Gasteiger partial charge in [0.2, 0.25) is 11.9 Å². The van der Waals surface area contributed by atoms with Crippen LogP contribution in [0.1, 0.15) is 29.0 Å². The molecule has 2 aromatic heterocycles. The van der Waals surface area contributed by atoms with E-state index in [2.05, 4.69) is 30.3 Å². The second kappa shape index (κ2) is 8.85. The van der Waals surface area contributed by atoms with Crippen LogP contribution in [0.25, 0.3) is 22.2 Å². The van der Waals surface area contributed by atoms with Crippen molar-refractivity contribution in [3.05, 3.63) is 59.9 Å². The number of aromatic nitrogens is 4. The average molecular weight is 444 g/mol. The van der Waals surface area contributed by atoms with Gasteiger partial charge in [0.25, 0.3) is 5.91 Å². The lowest BCUT2D eigenvalue weighted by molar-refractivity contribution is 0.0950. The van der Waals surface area contributed by atoms with E-state index in [1.807, 2.05) is 49.3 Å². The van der Waals surface area contributed by atoms with Crippen molar-refractivity contribution in [2.24, 2.45) is 0 Å². The van der Waals surface area contributed by atoms with E-state index in [-0.39, 0.29) is 12.5 Å². The smallest absolute Gasteiger partial charge is 0.251 e. The zero-order valence-electron chi connectivity index (χ0n) is 18.7. The van der Waals surface area contributed by atoms with Crippen molar-refractivity contribution in [1.82, 2.24) is 25.4 Å². The quantitative estimate of drug-likeness (QED) is 0.485. The molecule has 0 radical (unpaired) electrons. The van der Waals surface area contributed by atoms with Gasteiger partial charge in [-0.3, -0.25) is 4.79 Å². The first-order valence-electron chi connectivity index (χ1n) is 11.0. The highest BCUT2D eigenvalue weighted by molar-refractivity contribution is 6.00. The molecule has 0 spiro atoms. The van der Waals surface area contributed by atoms with Crippen LogP contribution in [-0.4, -0.2) is 53.2 Å². The zero-order valence-corrected chi connectivity index (χ0v) is 18.7. The standard InChI is InChI=1S/C24H25N7O2/c1-30(2)23-26-20(27-24(28-23)31-12-6-7-13-31)15-25-22(32)17-10-11-19-18(14-17)21(33-29-19)16-8-4-3-5-9-16/h3-5,8-11,14H,6-7,12-13,15H2,1-2H3,(H,25,32). The Bertz CT molecular complexity index is 1280. The van der Waals surface area contributed by atoms with E-state index in [4.69, 9.17) is 4.52 Å². The van der Waals surface area contributed by atoms with Gasteiger partial charge in [-0.15, -0.1) is 0 Å². The van der Waals surface area contributed by atoms with E-state index in [1.54, 1.807) is 18.2 Å². The average Bonchev–Trinajstić information content (AvgIpc) is 3.53. The molecule has 33 heavy (non-hydrogen) atoms. The first-order valence-corrected chi connectivity index (χ1v) is 11.0. The van der Waals surface area contributed by atoms with E-state index < -0.39 is 0 Å². The molecular weight excluding hydrogens is 418 g/mol. The second-order valence-electron chi connectivity index (χ2n) is 8.23. The van der Waals surface area contributed by atoms with E-state index >= 15 is 0 Å². The van der Waals surface area contributed by atoms with E-state index in [0.29, 0.717) is 34.6 Å². The van der Waals surface area contributed by atoms with Crippen LogP contribution in [-0.2, 0) is 6.54 Å². The molecule has 5 rings (SSSR count). The molecule has 0 aliphatic carbocycles. The highest BCUT2D eigenvalue weighted by atomic mass is 16.5. The van der Waals surface area contributed by atoms with Gasteiger partial charge < -0.3 is 19.6 Å². The normalized spacial score (nSPS) is 13.5. The highest BCUT2D eigenvalue weighted by Crippen LogP contribution is 2.29. The minimum absolute atomic E-state index is 0.205. The summed E-state index contributed by atoms with van der Waals surface area (Å²) < 4.78 is 5.54. The molecule has 0 atom stereocenters. The van der Waals surface area contributed by atoms with Crippen LogP contribution in [0.4, 0.5) is 11.9 Å². The predicted octanol–water partition coefficient (Wildman–Crippen LogP) is 3.28. The molecule has 1 N–H and O–H groups in total. The number of carbonyl (C=O) groups is 1. The Kier molecular flexibility index (Phi) is 5.60. The molecule has 1 saturated heterocycles. The summed E-state index contributed by atoms with van der Waals surface area (Å²) in [6.07, 6.45) is 2.26. The van der Waals surface area contributed by atoms with E-state index in [0.717, 1.165) is 36.9 Å². The maximum Gasteiger partial charge on any atom is 0.251 e. The van der Waals surface area contributed by atoms with Crippen LogP contribution >= 0.6 is 0 Å². The van der Waals surface area contributed by atoms with Crippen LogP contribution in [0, 0.1) is 0 Å². The van der Waals surface area contributed by atoms with Gasteiger partial charge in [-0.05, 0) is 31.0 Å². The van der Waals surface area contributed by atoms with E-state index in [1.165, 1.54) is 0 Å². The summed E-state index contributed by atoms with van der Waals surface area (Å²) in [5.41, 5.74) is 2.13. The van der Waals surface area contributed by atoms with Gasteiger partial charge in [0.05, 0.1) is 11.9 Å². The monoisotopic (exact) mass is 443 g/mol. The molecule has 0 bridgehead atoms. The van der Waals surface area contributed by atoms with Crippen LogP contribution in [0.2, 0.25) is 0 Å². The Hall–Kier alpha value is -4.01. The molecule has 4 aromatic rings. The van der Waals surface area contributed by atoms with Crippen molar-refractivity contribution in [1.29, 1.82) is 0 Å². The summed E-state index contributed by atoms with van der Waals surface area (Å²) in [6, 6.07) is 15.1. The Morgan fingerprint density at radius 2 is 1.85 bits per heavy atom. The topological polar surface area (TPSA) is 100 Å². The van der Waals surface area contributed by atoms with Gasteiger partial charge in [-0.2, -0.15) is 15.0 Å². The summed E-state index contributed by atoms with van der Waals surface area (Å²) >= 11 is 0. The summed E-state index contributed by atoms with van der Waals surface area (Å²) in [4.78, 5) is 30.6. The number of rotatable bonds is 6. The third-order valence-corrected chi connectivity index (χ3v) is 5.63. The van der Waals surface area contributed by atoms with Crippen LogP contribution in [0.3, 0.4) is 0 Å². The Morgan fingerprint density at radius 1 is 1.06 bits per heavy atom. The summed E-state index contributed by atoms with van der Waals surface area (Å²) in [5.74, 6) is 2.19. The number of nitrogens with one attached hydrogen (secondary N) is 1. The first-order chi connectivity index (χ1) is 16.1. The minimum atomic E-state index is -0.216. The van der Waals surface area contributed by atoms with Crippen molar-refractivity contribution in [3.8, 4) is 11.3 Å². The molecule has 3 heterocycles. The SMILES string of the molecule is CN(C)c1nc(CNC(=O)c2ccc3noc(-c4ccccc4)c3c2)nc(N2CCCC2)n1. The van der Waals surface area contributed by atoms with Crippen LogP contribution in [0.15, 0.2) is 53.1 Å². The fourth-order valence-electron chi connectivity index (χ4n) is 3.87. The number of amides is 1. The van der Waals surface area contributed by atoms with E-state index in [9.17, 15) is 4.79 Å². The number of nitrogens with zero attached hydrogens (tertiary/aromatic N) is 6. The maximum atomic E-state index is 12.9. The molecule has 1 aliphatic rings. The Labute approximate surface area is 191 Å². The Balaban J connectivity index is 1.37. The molecule has 0 saturated carbocycles. The van der Waals surface area contributed by atoms with Crippen LogP contribution < -0.4 is 15.1 Å². The van der Waals surface area contributed by atoms with Gasteiger partial charge in [0, 0.05) is 38.3 Å². The van der Waals surface area contributed by atoms with Crippen molar-refractivity contribution in [2.45, 2.75) is 19.4 Å². The zero-order chi connectivity index (χ0) is 22.8.